The molecule has 1 unspecified atom stereocenters. The summed E-state index contributed by atoms with van der Waals surface area (Å²) in [5, 5.41) is 16.6. The summed E-state index contributed by atoms with van der Waals surface area (Å²) in [4.78, 5) is 9.61. The zero-order valence-electron chi connectivity index (χ0n) is 15.4. The van der Waals surface area contributed by atoms with Crippen molar-refractivity contribution in [3.05, 3.63) is 45.2 Å². The first-order valence-corrected chi connectivity index (χ1v) is 9.84. The molecule has 7 nitrogen and oxygen atoms in total. The Balaban J connectivity index is 1.96. The predicted octanol–water partition coefficient (Wildman–Crippen LogP) is 2.61. The lowest BCUT2D eigenvalue weighted by Crippen LogP contribution is -2.39. The number of methoxy groups -OCH3 is 1. The molecule has 9 heteroatoms. The van der Waals surface area contributed by atoms with Gasteiger partial charge in [0.15, 0.2) is 5.96 Å². The van der Waals surface area contributed by atoms with Crippen molar-refractivity contribution in [3.8, 4) is 5.88 Å². The zero-order valence-corrected chi connectivity index (χ0v) is 17.0. The van der Waals surface area contributed by atoms with Crippen LogP contribution in [-0.2, 0) is 11.3 Å². The Morgan fingerprint density at radius 3 is 2.89 bits per heavy atom. The molecule has 0 saturated heterocycles. The van der Waals surface area contributed by atoms with Gasteiger partial charge in [0.1, 0.15) is 12.7 Å². The number of guanidine groups is 1. The lowest BCUT2D eigenvalue weighted by molar-refractivity contribution is 0.143. The first kappa shape index (κ1) is 21.4. The molecule has 2 heterocycles. The first-order valence-electron chi connectivity index (χ1n) is 8.65. The van der Waals surface area contributed by atoms with Crippen molar-refractivity contribution in [1.82, 2.24) is 15.6 Å². The van der Waals surface area contributed by atoms with E-state index in [0.717, 1.165) is 10.4 Å². The van der Waals surface area contributed by atoms with Gasteiger partial charge in [-0.2, -0.15) is 0 Å². The van der Waals surface area contributed by atoms with Gasteiger partial charge in [-0.1, -0.05) is 17.7 Å². The van der Waals surface area contributed by atoms with E-state index in [9.17, 15) is 5.11 Å². The van der Waals surface area contributed by atoms with Crippen LogP contribution in [0.25, 0.3) is 0 Å². The zero-order chi connectivity index (χ0) is 19.5. The lowest BCUT2D eigenvalue weighted by atomic mass is 10.3. The first-order chi connectivity index (χ1) is 13.1. The van der Waals surface area contributed by atoms with Crippen molar-refractivity contribution in [2.45, 2.75) is 19.6 Å². The third kappa shape index (κ3) is 7.34. The van der Waals surface area contributed by atoms with Crippen molar-refractivity contribution in [1.29, 1.82) is 0 Å². The van der Waals surface area contributed by atoms with Crippen molar-refractivity contribution >= 4 is 28.9 Å². The van der Waals surface area contributed by atoms with E-state index in [1.54, 1.807) is 19.4 Å². The van der Waals surface area contributed by atoms with E-state index in [1.807, 2.05) is 25.1 Å². The van der Waals surface area contributed by atoms with E-state index in [4.69, 9.17) is 21.1 Å². The highest BCUT2D eigenvalue weighted by molar-refractivity contribution is 7.16. The summed E-state index contributed by atoms with van der Waals surface area (Å²) in [7, 11) is 1.62. The SMILES string of the molecule is CCNC(=NCc1cccnc1OCCOC)NCC(O)c1ccc(Cl)s1. The highest BCUT2D eigenvalue weighted by Crippen LogP contribution is 2.26. The van der Waals surface area contributed by atoms with Crippen LogP contribution in [0.2, 0.25) is 4.34 Å². The highest BCUT2D eigenvalue weighted by Gasteiger charge is 2.11. The molecule has 3 N–H and O–H groups in total. The molecule has 0 spiro atoms. The number of ether oxygens (including phenoxy) is 2. The van der Waals surface area contributed by atoms with E-state index in [-0.39, 0.29) is 0 Å². The minimum absolute atomic E-state index is 0.326. The molecule has 2 aromatic heterocycles. The second-order valence-corrected chi connectivity index (χ2v) is 7.29. The molecule has 2 aromatic rings. The van der Waals surface area contributed by atoms with Crippen LogP contribution in [0.1, 0.15) is 23.5 Å². The molecule has 27 heavy (non-hydrogen) atoms. The van der Waals surface area contributed by atoms with Crippen LogP contribution in [-0.4, -0.2) is 49.5 Å². The third-order valence-corrected chi connectivity index (χ3v) is 4.85. The van der Waals surface area contributed by atoms with Crippen LogP contribution in [0.5, 0.6) is 5.88 Å². The van der Waals surface area contributed by atoms with Crippen LogP contribution in [0.4, 0.5) is 0 Å². The van der Waals surface area contributed by atoms with E-state index >= 15 is 0 Å². The van der Waals surface area contributed by atoms with Gasteiger partial charge in [0, 0.05) is 36.8 Å². The maximum atomic E-state index is 10.3. The average Bonchev–Trinajstić information content (AvgIpc) is 3.11. The second kappa shape index (κ2) is 11.8. The summed E-state index contributed by atoms with van der Waals surface area (Å²) in [6, 6.07) is 7.36. The van der Waals surface area contributed by atoms with E-state index in [2.05, 4.69) is 20.6 Å². The number of pyridine rings is 1. The van der Waals surface area contributed by atoms with Crippen LogP contribution < -0.4 is 15.4 Å². The number of aliphatic imine (C=N–C) groups is 1. The number of hydrogen-bond donors (Lipinski definition) is 3. The van der Waals surface area contributed by atoms with E-state index < -0.39 is 6.10 Å². The highest BCUT2D eigenvalue weighted by atomic mass is 35.5. The smallest absolute Gasteiger partial charge is 0.218 e. The van der Waals surface area contributed by atoms with Crippen molar-refractivity contribution < 1.29 is 14.6 Å². The molecule has 0 aliphatic rings. The number of thiophene rings is 1. The molecular weight excluding hydrogens is 388 g/mol. The van der Waals surface area contributed by atoms with Crippen LogP contribution in [0, 0.1) is 0 Å². The van der Waals surface area contributed by atoms with Gasteiger partial charge in [0.05, 0.1) is 17.5 Å². The van der Waals surface area contributed by atoms with Gasteiger partial charge >= 0.3 is 0 Å². The molecule has 0 aliphatic heterocycles. The maximum Gasteiger partial charge on any atom is 0.218 e. The topological polar surface area (TPSA) is 88.0 Å². The van der Waals surface area contributed by atoms with Gasteiger partial charge < -0.3 is 25.2 Å². The monoisotopic (exact) mass is 412 g/mol. The van der Waals surface area contributed by atoms with Gasteiger partial charge in [-0.25, -0.2) is 9.98 Å². The summed E-state index contributed by atoms with van der Waals surface area (Å²) < 4.78 is 11.3. The number of aromatic nitrogens is 1. The minimum atomic E-state index is -0.655. The standard InChI is InChI=1S/C18H25ClN4O3S/c1-3-20-18(23-12-14(24)15-6-7-16(19)27-15)22-11-13-5-4-8-21-17(13)26-10-9-25-2/h4-8,14,24H,3,9-12H2,1-2H3,(H2,20,22,23). The summed E-state index contributed by atoms with van der Waals surface area (Å²) in [5.74, 6) is 1.15. The Labute approximate surface area is 168 Å². The Hall–Kier alpha value is -1.87. The fourth-order valence-corrected chi connectivity index (χ4v) is 3.25. The van der Waals surface area contributed by atoms with Crippen LogP contribution in [0.15, 0.2) is 35.5 Å². The predicted molar refractivity (Wildman–Crippen MR) is 109 cm³/mol. The molecular formula is C18H25ClN4O3S. The molecule has 0 radical (unpaired) electrons. The molecule has 0 bridgehead atoms. The number of nitrogens with zero attached hydrogens (tertiary/aromatic N) is 2. The Bertz CT molecular complexity index is 726. The van der Waals surface area contributed by atoms with E-state index in [1.165, 1.54) is 11.3 Å². The largest absolute Gasteiger partial charge is 0.475 e. The lowest BCUT2D eigenvalue weighted by Gasteiger charge is -2.15. The normalized spacial score (nSPS) is 12.7. The maximum absolute atomic E-state index is 10.3. The number of rotatable bonds is 10. The number of hydrogen-bond acceptors (Lipinski definition) is 6. The van der Waals surface area contributed by atoms with Gasteiger partial charge in [-0.3, -0.25) is 0 Å². The van der Waals surface area contributed by atoms with E-state index in [0.29, 0.717) is 49.0 Å². The Morgan fingerprint density at radius 2 is 2.19 bits per heavy atom. The molecule has 1 atom stereocenters. The average molecular weight is 413 g/mol. The molecule has 148 valence electrons. The summed E-state index contributed by atoms with van der Waals surface area (Å²) >= 11 is 7.28. The van der Waals surface area contributed by atoms with Gasteiger partial charge in [0.2, 0.25) is 5.88 Å². The summed E-state index contributed by atoms with van der Waals surface area (Å²) in [6.45, 7) is 4.33. The van der Waals surface area contributed by atoms with Gasteiger partial charge in [-0.15, -0.1) is 11.3 Å². The summed E-state index contributed by atoms with van der Waals surface area (Å²) in [6.07, 6.45) is 1.03. The molecule has 0 fully saturated rings. The summed E-state index contributed by atoms with van der Waals surface area (Å²) in [5.41, 5.74) is 0.872. The Morgan fingerprint density at radius 1 is 1.33 bits per heavy atom. The van der Waals surface area contributed by atoms with Crippen molar-refractivity contribution in [3.63, 3.8) is 0 Å². The fraction of sp³-hybridized carbons (Fsp3) is 0.444. The van der Waals surface area contributed by atoms with Crippen LogP contribution in [0.3, 0.4) is 0 Å². The van der Waals surface area contributed by atoms with Crippen molar-refractivity contribution in [2.75, 3.05) is 33.4 Å². The quantitative estimate of drug-likeness (QED) is 0.316. The second-order valence-electron chi connectivity index (χ2n) is 5.54. The molecule has 2 rings (SSSR count). The third-order valence-electron chi connectivity index (χ3n) is 3.51. The molecule has 0 amide bonds. The number of nitrogens with one attached hydrogen (secondary N) is 2. The molecule has 0 aromatic carbocycles. The van der Waals surface area contributed by atoms with Gasteiger partial charge in [-0.05, 0) is 25.1 Å². The number of aliphatic hydroxyl groups excluding tert-OH is 1. The fourth-order valence-electron chi connectivity index (χ4n) is 2.20. The Kier molecular flexibility index (Phi) is 9.34. The molecule has 0 saturated carbocycles. The number of aliphatic hydroxyl groups is 1. The molecule has 0 aliphatic carbocycles. The number of halogens is 1. The minimum Gasteiger partial charge on any atom is -0.475 e. The van der Waals surface area contributed by atoms with Crippen molar-refractivity contribution in [2.24, 2.45) is 4.99 Å². The van der Waals surface area contributed by atoms with Crippen LogP contribution >= 0.6 is 22.9 Å². The van der Waals surface area contributed by atoms with Gasteiger partial charge in [0.25, 0.3) is 0 Å².